The van der Waals surface area contributed by atoms with Crippen LogP contribution in [0.4, 0.5) is 10.6 Å². The molecular formula is C32H29N3O4. The molecular weight excluding hydrogens is 490 g/mol. The minimum absolute atomic E-state index is 0.122. The number of fused-ring (bicyclic) bond motifs is 3. The van der Waals surface area contributed by atoms with Crippen molar-refractivity contribution >= 4 is 45.3 Å². The summed E-state index contributed by atoms with van der Waals surface area (Å²) in [4.78, 5) is 48.9. The van der Waals surface area contributed by atoms with Gasteiger partial charge in [-0.2, -0.15) is 0 Å². The second kappa shape index (κ2) is 9.98. The maximum Gasteiger partial charge on any atom is 0.413 e. The number of carbonyl (C=O) groups is 3. The van der Waals surface area contributed by atoms with E-state index >= 15 is 0 Å². The van der Waals surface area contributed by atoms with Gasteiger partial charge >= 0.3 is 6.09 Å². The van der Waals surface area contributed by atoms with Crippen molar-refractivity contribution < 1.29 is 19.5 Å². The SMILES string of the molecule is Cc1ccc(-c2nc(N(C(=O)O)C(C3=CCCCC3=O)C3=CCCCC3=O)cc3c2[nH]c2ccccc23)cc1. The Morgan fingerprint density at radius 3 is 2.18 bits per heavy atom. The van der Waals surface area contributed by atoms with Crippen LogP contribution >= 0.6 is 0 Å². The standard InChI is InChI=1S/C32H29N3O4/c1-19-14-16-20(17-15-19)29-30-24(21-8-2-5-11-25(21)33-30)18-28(34-29)35(32(38)39)31(22-9-3-6-12-26(22)36)23-10-4-7-13-27(23)37/h2,5,8-11,14-18,31,33H,3-4,6-7,12-13H2,1H3,(H,38,39). The lowest BCUT2D eigenvalue weighted by Crippen LogP contribution is -2.46. The molecule has 0 aliphatic heterocycles. The number of anilines is 1. The molecule has 0 bridgehead atoms. The maximum atomic E-state index is 13.2. The van der Waals surface area contributed by atoms with E-state index in [9.17, 15) is 19.5 Å². The molecule has 0 saturated heterocycles. The first-order valence-electron chi connectivity index (χ1n) is 13.4. The van der Waals surface area contributed by atoms with Gasteiger partial charge in [0.1, 0.15) is 5.82 Å². The highest BCUT2D eigenvalue weighted by Gasteiger charge is 2.39. The van der Waals surface area contributed by atoms with Crippen LogP contribution in [0.15, 0.2) is 77.9 Å². The highest BCUT2D eigenvalue weighted by atomic mass is 16.4. The fraction of sp³-hybridized carbons (Fsp3) is 0.250. The number of Topliss-reactive ketones (excluding diaryl/α,β-unsaturated/α-hetero) is 2. The number of rotatable bonds is 5. The number of hydrogen-bond acceptors (Lipinski definition) is 4. The van der Waals surface area contributed by atoms with Crippen molar-refractivity contribution in [2.24, 2.45) is 0 Å². The van der Waals surface area contributed by atoms with Crippen molar-refractivity contribution in [3.63, 3.8) is 0 Å². The first-order chi connectivity index (χ1) is 18.9. The Labute approximate surface area is 225 Å². The Morgan fingerprint density at radius 2 is 1.56 bits per heavy atom. The van der Waals surface area contributed by atoms with E-state index in [4.69, 9.17) is 4.98 Å². The smallest absolute Gasteiger partial charge is 0.413 e. The lowest BCUT2D eigenvalue weighted by molar-refractivity contribution is -0.116. The molecule has 39 heavy (non-hydrogen) atoms. The van der Waals surface area contributed by atoms with Gasteiger partial charge in [0.2, 0.25) is 0 Å². The minimum atomic E-state index is -1.26. The maximum absolute atomic E-state index is 13.2. The van der Waals surface area contributed by atoms with Crippen molar-refractivity contribution in [2.45, 2.75) is 51.5 Å². The molecule has 196 valence electrons. The number of carboxylic acid groups (broad SMARTS) is 1. The van der Waals surface area contributed by atoms with E-state index in [0.29, 0.717) is 55.4 Å². The quantitative estimate of drug-likeness (QED) is 0.298. The normalized spacial score (nSPS) is 16.1. The summed E-state index contributed by atoms with van der Waals surface area (Å²) in [5, 5.41) is 12.4. The number of hydrogen-bond donors (Lipinski definition) is 2. The summed E-state index contributed by atoms with van der Waals surface area (Å²) in [5.74, 6) is -0.0636. The van der Waals surface area contributed by atoms with Crippen molar-refractivity contribution in [3.8, 4) is 11.3 Å². The third-order valence-electron chi connectivity index (χ3n) is 7.70. The number of aromatic amines is 1. The molecule has 0 unspecified atom stereocenters. The molecule has 2 heterocycles. The summed E-state index contributed by atoms with van der Waals surface area (Å²) in [6.07, 6.45) is 5.77. The largest absolute Gasteiger partial charge is 0.465 e. The van der Waals surface area contributed by atoms with Gasteiger partial charge in [-0.15, -0.1) is 0 Å². The average molecular weight is 520 g/mol. The zero-order chi connectivity index (χ0) is 27.1. The number of aryl methyl sites for hydroxylation is 1. The number of ketones is 2. The monoisotopic (exact) mass is 519 g/mol. The molecule has 2 aliphatic rings. The van der Waals surface area contributed by atoms with Crippen LogP contribution in [0.2, 0.25) is 0 Å². The van der Waals surface area contributed by atoms with Gasteiger partial charge in [0, 0.05) is 45.8 Å². The number of pyridine rings is 1. The van der Waals surface area contributed by atoms with E-state index in [1.165, 1.54) is 0 Å². The van der Waals surface area contributed by atoms with E-state index in [-0.39, 0.29) is 17.4 Å². The van der Waals surface area contributed by atoms with Crippen LogP contribution in [0, 0.1) is 6.92 Å². The second-order valence-electron chi connectivity index (χ2n) is 10.3. The number of nitrogens with zero attached hydrogens (tertiary/aromatic N) is 2. The number of amides is 1. The number of carbonyl (C=O) groups excluding carboxylic acids is 2. The van der Waals surface area contributed by atoms with Crippen LogP contribution in [-0.2, 0) is 9.59 Å². The Kier molecular flexibility index (Phi) is 6.35. The zero-order valence-corrected chi connectivity index (χ0v) is 21.7. The van der Waals surface area contributed by atoms with Crippen LogP contribution in [0.3, 0.4) is 0 Å². The summed E-state index contributed by atoms with van der Waals surface area (Å²) in [6, 6.07) is 16.5. The van der Waals surface area contributed by atoms with Crippen LogP contribution in [-0.4, -0.2) is 38.8 Å². The molecule has 2 aliphatic carbocycles. The number of aromatic nitrogens is 2. The Bertz CT molecular complexity index is 1660. The van der Waals surface area contributed by atoms with Gasteiger partial charge in [-0.05, 0) is 44.7 Å². The fourth-order valence-corrected chi connectivity index (χ4v) is 5.75. The van der Waals surface area contributed by atoms with Gasteiger partial charge in [0.05, 0.1) is 17.3 Å². The Balaban J connectivity index is 1.63. The van der Waals surface area contributed by atoms with Gasteiger partial charge in [-0.1, -0.05) is 60.2 Å². The Hall–Kier alpha value is -4.52. The topological polar surface area (TPSA) is 103 Å². The highest BCUT2D eigenvalue weighted by molar-refractivity contribution is 6.13. The van der Waals surface area contributed by atoms with E-state index in [1.54, 1.807) is 18.2 Å². The average Bonchev–Trinajstić information content (AvgIpc) is 3.31. The van der Waals surface area contributed by atoms with Crippen LogP contribution in [0.1, 0.15) is 44.1 Å². The number of allylic oxidation sites excluding steroid dienone is 2. The molecule has 7 nitrogen and oxygen atoms in total. The molecule has 0 radical (unpaired) electrons. The molecule has 0 atom stereocenters. The molecule has 7 heteroatoms. The van der Waals surface area contributed by atoms with Crippen molar-refractivity contribution in [3.05, 3.63) is 83.5 Å². The van der Waals surface area contributed by atoms with Gasteiger partial charge in [0.15, 0.2) is 11.6 Å². The van der Waals surface area contributed by atoms with Gasteiger partial charge in [0.25, 0.3) is 0 Å². The molecule has 2 aromatic heterocycles. The van der Waals surface area contributed by atoms with E-state index in [2.05, 4.69) is 4.98 Å². The highest BCUT2D eigenvalue weighted by Crippen LogP contribution is 2.38. The predicted octanol–water partition coefficient (Wildman–Crippen LogP) is 6.90. The molecule has 0 saturated carbocycles. The van der Waals surface area contributed by atoms with Crippen LogP contribution < -0.4 is 4.90 Å². The summed E-state index contributed by atoms with van der Waals surface area (Å²) >= 11 is 0. The lowest BCUT2D eigenvalue weighted by Gasteiger charge is -2.34. The lowest BCUT2D eigenvalue weighted by atomic mass is 9.83. The third-order valence-corrected chi connectivity index (χ3v) is 7.70. The summed E-state index contributed by atoms with van der Waals surface area (Å²) in [7, 11) is 0. The number of H-pyrrole nitrogens is 1. The number of nitrogens with one attached hydrogen (secondary N) is 1. The molecule has 4 aromatic rings. The van der Waals surface area contributed by atoms with Gasteiger partial charge < -0.3 is 10.1 Å². The van der Waals surface area contributed by atoms with Crippen molar-refractivity contribution in [1.29, 1.82) is 0 Å². The number of para-hydroxylation sites is 1. The molecule has 1 amide bonds. The summed E-state index contributed by atoms with van der Waals surface area (Å²) < 4.78 is 0. The molecule has 2 N–H and O–H groups in total. The zero-order valence-electron chi connectivity index (χ0n) is 21.7. The van der Waals surface area contributed by atoms with E-state index in [0.717, 1.165) is 37.8 Å². The van der Waals surface area contributed by atoms with Crippen LogP contribution in [0.5, 0.6) is 0 Å². The van der Waals surface area contributed by atoms with Crippen LogP contribution in [0.25, 0.3) is 33.1 Å². The van der Waals surface area contributed by atoms with E-state index in [1.807, 2.05) is 55.5 Å². The second-order valence-corrected chi connectivity index (χ2v) is 10.3. The predicted molar refractivity (Wildman–Crippen MR) is 152 cm³/mol. The third kappa shape index (κ3) is 4.44. The van der Waals surface area contributed by atoms with Crippen molar-refractivity contribution in [1.82, 2.24) is 9.97 Å². The Morgan fingerprint density at radius 1 is 0.923 bits per heavy atom. The molecule has 2 aromatic carbocycles. The first-order valence-corrected chi connectivity index (χ1v) is 13.4. The van der Waals surface area contributed by atoms with Gasteiger partial charge in [-0.25, -0.2) is 14.7 Å². The minimum Gasteiger partial charge on any atom is -0.465 e. The molecule has 6 rings (SSSR count). The first kappa shape index (κ1) is 24.8. The van der Waals surface area contributed by atoms with Gasteiger partial charge in [-0.3, -0.25) is 9.59 Å². The number of benzene rings is 2. The van der Waals surface area contributed by atoms with E-state index < -0.39 is 12.1 Å². The fourth-order valence-electron chi connectivity index (χ4n) is 5.75. The summed E-state index contributed by atoms with van der Waals surface area (Å²) in [6.45, 7) is 2.01. The molecule has 0 fully saturated rings. The molecule has 0 spiro atoms. The summed E-state index contributed by atoms with van der Waals surface area (Å²) in [5.41, 5.74) is 4.98. The van der Waals surface area contributed by atoms with Crippen molar-refractivity contribution in [2.75, 3.05) is 4.90 Å².